The van der Waals surface area contributed by atoms with Gasteiger partial charge in [0.1, 0.15) is 0 Å². The highest BCUT2D eigenvalue weighted by Gasteiger charge is 2.46. The number of carbonyl (C=O) groups excluding carboxylic acids is 1. The summed E-state index contributed by atoms with van der Waals surface area (Å²) in [7, 11) is 1.65. The van der Waals surface area contributed by atoms with E-state index in [0.717, 1.165) is 30.5 Å². The zero-order chi connectivity index (χ0) is 13.7. The van der Waals surface area contributed by atoms with E-state index in [0.29, 0.717) is 13.2 Å². The second-order valence-electron chi connectivity index (χ2n) is 4.90. The Bertz CT molecular complexity index is 444. The molecule has 4 N–H and O–H groups in total. The minimum atomic E-state index is -0.267. The molecule has 5 heteroatoms. The molecule has 0 aliphatic heterocycles. The maximum absolute atomic E-state index is 11.8. The summed E-state index contributed by atoms with van der Waals surface area (Å²) < 4.78 is 4.93. The van der Waals surface area contributed by atoms with Crippen LogP contribution in [-0.2, 0) is 10.3 Å². The number of urea groups is 1. The molecule has 0 radical (unpaired) electrons. The highest BCUT2D eigenvalue weighted by molar-refractivity contribution is 5.76. The van der Waals surface area contributed by atoms with Gasteiger partial charge in [-0.05, 0) is 25.3 Å². The van der Waals surface area contributed by atoms with E-state index in [1.165, 1.54) is 0 Å². The Balaban J connectivity index is 1.88. The number of benzene rings is 1. The van der Waals surface area contributed by atoms with E-state index < -0.39 is 0 Å². The van der Waals surface area contributed by atoms with Gasteiger partial charge in [-0.15, -0.1) is 0 Å². The van der Waals surface area contributed by atoms with Crippen LogP contribution in [0.4, 0.5) is 10.5 Å². The summed E-state index contributed by atoms with van der Waals surface area (Å²) in [6.45, 7) is 1.26. The smallest absolute Gasteiger partial charge is 0.315 e. The third-order valence-corrected chi connectivity index (χ3v) is 3.39. The molecule has 1 aromatic carbocycles. The minimum absolute atomic E-state index is 0.142. The van der Waals surface area contributed by atoms with Crippen molar-refractivity contribution in [3.05, 3.63) is 29.8 Å². The Morgan fingerprint density at radius 3 is 2.79 bits per heavy atom. The number of para-hydroxylation sites is 1. The lowest BCUT2D eigenvalue weighted by Gasteiger charge is -2.20. The van der Waals surface area contributed by atoms with Gasteiger partial charge in [0.2, 0.25) is 0 Å². The largest absolute Gasteiger partial charge is 0.398 e. The predicted octanol–water partition coefficient (Wildman–Crippen LogP) is 1.59. The summed E-state index contributed by atoms with van der Waals surface area (Å²) in [5.41, 5.74) is 7.46. The first kappa shape index (κ1) is 13.7. The van der Waals surface area contributed by atoms with Gasteiger partial charge in [-0.2, -0.15) is 0 Å². The average molecular weight is 263 g/mol. The van der Waals surface area contributed by atoms with Crippen molar-refractivity contribution >= 4 is 11.7 Å². The van der Waals surface area contributed by atoms with E-state index in [1.807, 2.05) is 24.3 Å². The summed E-state index contributed by atoms with van der Waals surface area (Å²) in [4.78, 5) is 11.8. The maximum Gasteiger partial charge on any atom is 0.315 e. The number of methoxy groups -OCH3 is 1. The third-order valence-electron chi connectivity index (χ3n) is 3.39. The van der Waals surface area contributed by atoms with Crippen molar-refractivity contribution in [2.24, 2.45) is 0 Å². The summed E-state index contributed by atoms with van der Waals surface area (Å²) in [5.74, 6) is 0. The van der Waals surface area contributed by atoms with Crippen LogP contribution in [0.3, 0.4) is 0 Å². The molecule has 1 aromatic rings. The van der Waals surface area contributed by atoms with Crippen molar-refractivity contribution in [1.29, 1.82) is 0 Å². The molecule has 0 saturated heterocycles. The highest BCUT2D eigenvalue weighted by Crippen LogP contribution is 2.47. The first-order valence-corrected chi connectivity index (χ1v) is 6.58. The molecular weight excluding hydrogens is 242 g/mol. The van der Waals surface area contributed by atoms with E-state index in [1.54, 1.807) is 7.11 Å². The number of rotatable bonds is 6. The fraction of sp³-hybridized carbons (Fsp3) is 0.500. The molecular formula is C14H21N3O2. The normalized spacial score (nSPS) is 15.8. The van der Waals surface area contributed by atoms with Gasteiger partial charge in [0, 0.05) is 31.5 Å². The Kier molecular flexibility index (Phi) is 4.27. The van der Waals surface area contributed by atoms with E-state index >= 15 is 0 Å². The zero-order valence-corrected chi connectivity index (χ0v) is 11.2. The van der Waals surface area contributed by atoms with Crippen molar-refractivity contribution in [1.82, 2.24) is 10.6 Å². The lowest BCUT2D eigenvalue weighted by molar-refractivity contribution is 0.193. The molecule has 0 bridgehead atoms. The molecule has 19 heavy (non-hydrogen) atoms. The van der Waals surface area contributed by atoms with Crippen LogP contribution in [0, 0.1) is 0 Å². The maximum atomic E-state index is 11.8. The van der Waals surface area contributed by atoms with Crippen LogP contribution in [0.1, 0.15) is 24.8 Å². The summed E-state index contributed by atoms with van der Waals surface area (Å²) in [5, 5.41) is 5.86. The Morgan fingerprint density at radius 2 is 2.16 bits per heavy atom. The first-order valence-electron chi connectivity index (χ1n) is 6.58. The molecule has 104 valence electrons. The molecule has 2 amide bonds. The van der Waals surface area contributed by atoms with E-state index in [2.05, 4.69) is 10.6 Å². The lowest BCUT2D eigenvalue weighted by atomic mass is 10.0. The Labute approximate surface area is 113 Å². The van der Waals surface area contributed by atoms with Crippen LogP contribution in [-0.4, -0.2) is 26.3 Å². The van der Waals surface area contributed by atoms with Gasteiger partial charge >= 0.3 is 6.03 Å². The molecule has 2 rings (SSSR count). The highest BCUT2D eigenvalue weighted by atomic mass is 16.5. The minimum Gasteiger partial charge on any atom is -0.398 e. The molecule has 0 heterocycles. The van der Waals surface area contributed by atoms with Crippen LogP contribution in [0.15, 0.2) is 24.3 Å². The van der Waals surface area contributed by atoms with Crippen molar-refractivity contribution in [3.63, 3.8) is 0 Å². The van der Waals surface area contributed by atoms with Gasteiger partial charge in [0.15, 0.2) is 0 Å². The lowest BCUT2D eigenvalue weighted by Crippen LogP contribution is -2.42. The predicted molar refractivity (Wildman–Crippen MR) is 74.8 cm³/mol. The van der Waals surface area contributed by atoms with Crippen LogP contribution in [0.2, 0.25) is 0 Å². The molecule has 1 fully saturated rings. The van der Waals surface area contributed by atoms with Gasteiger partial charge in [-0.25, -0.2) is 4.79 Å². The molecule has 0 unspecified atom stereocenters. The fourth-order valence-corrected chi connectivity index (χ4v) is 2.20. The van der Waals surface area contributed by atoms with Gasteiger partial charge in [-0.1, -0.05) is 18.2 Å². The molecule has 0 atom stereocenters. The number of amides is 2. The van der Waals surface area contributed by atoms with Gasteiger partial charge in [-0.3, -0.25) is 0 Å². The van der Waals surface area contributed by atoms with Crippen LogP contribution >= 0.6 is 0 Å². The van der Waals surface area contributed by atoms with E-state index in [-0.39, 0.29) is 11.6 Å². The van der Waals surface area contributed by atoms with Gasteiger partial charge < -0.3 is 21.1 Å². The molecule has 1 saturated carbocycles. The first-order chi connectivity index (χ1) is 9.18. The molecule has 0 aromatic heterocycles. The second-order valence-corrected chi connectivity index (χ2v) is 4.90. The summed E-state index contributed by atoms with van der Waals surface area (Å²) in [6, 6.07) is 7.56. The molecule has 1 aliphatic carbocycles. The topological polar surface area (TPSA) is 76.4 Å². The van der Waals surface area contributed by atoms with Crippen molar-refractivity contribution in [3.8, 4) is 0 Å². The van der Waals surface area contributed by atoms with E-state index in [4.69, 9.17) is 10.5 Å². The average Bonchev–Trinajstić information content (AvgIpc) is 3.16. The van der Waals surface area contributed by atoms with Crippen molar-refractivity contribution in [2.45, 2.75) is 24.8 Å². The Morgan fingerprint density at radius 1 is 1.42 bits per heavy atom. The zero-order valence-electron chi connectivity index (χ0n) is 11.2. The second kappa shape index (κ2) is 5.93. The SMILES string of the molecule is COCCCNC(=O)NC1(c2ccccc2N)CC1. The van der Waals surface area contributed by atoms with Gasteiger partial charge in [0.05, 0.1) is 5.54 Å². The number of nitrogens with two attached hydrogens (primary N) is 1. The number of nitrogens with one attached hydrogen (secondary N) is 2. The van der Waals surface area contributed by atoms with E-state index in [9.17, 15) is 4.79 Å². The number of hydrogen-bond acceptors (Lipinski definition) is 3. The number of nitrogen functional groups attached to an aromatic ring is 1. The Hall–Kier alpha value is -1.75. The van der Waals surface area contributed by atoms with Crippen LogP contribution < -0.4 is 16.4 Å². The molecule has 0 spiro atoms. The quantitative estimate of drug-likeness (QED) is 0.539. The standard InChI is InChI=1S/C14H21N3O2/c1-19-10-4-9-16-13(18)17-14(7-8-14)11-5-2-3-6-12(11)15/h2-3,5-6H,4,7-10,15H2,1H3,(H2,16,17,18). The number of ether oxygens (including phenoxy) is 1. The molecule has 1 aliphatic rings. The number of hydrogen-bond donors (Lipinski definition) is 3. The number of carbonyl (C=O) groups is 1. The fourth-order valence-electron chi connectivity index (χ4n) is 2.20. The summed E-state index contributed by atoms with van der Waals surface area (Å²) >= 11 is 0. The molecule has 5 nitrogen and oxygen atoms in total. The van der Waals surface area contributed by atoms with Crippen molar-refractivity contribution in [2.75, 3.05) is 26.0 Å². The summed E-state index contributed by atoms with van der Waals surface area (Å²) in [6.07, 6.45) is 2.68. The van der Waals surface area contributed by atoms with Crippen LogP contribution in [0.5, 0.6) is 0 Å². The number of anilines is 1. The van der Waals surface area contributed by atoms with Crippen molar-refractivity contribution < 1.29 is 9.53 Å². The van der Waals surface area contributed by atoms with Crippen LogP contribution in [0.25, 0.3) is 0 Å². The third kappa shape index (κ3) is 3.38. The van der Waals surface area contributed by atoms with Gasteiger partial charge in [0.25, 0.3) is 0 Å². The monoisotopic (exact) mass is 263 g/mol.